The minimum Gasteiger partial charge on any atom is -0.497 e. The number of aromatic amines is 1. The highest BCUT2D eigenvalue weighted by Crippen LogP contribution is 2.33. The van der Waals surface area contributed by atoms with Crippen LogP contribution in [-0.2, 0) is 0 Å². The Morgan fingerprint density at radius 2 is 2.29 bits per heavy atom. The Morgan fingerprint density at radius 3 is 3.00 bits per heavy atom. The number of benzene rings is 1. The van der Waals surface area contributed by atoms with E-state index in [1.165, 1.54) is 6.20 Å². The zero-order chi connectivity index (χ0) is 11.8. The average Bonchev–Trinajstić information content (AvgIpc) is 2.94. The van der Waals surface area contributed by atoms with Gasteiger partial charge in [-0.05, 0) is 18.2 Å². The predicted molar refractivity (Wildman–Crippen MR) is 64.8 cm³/mol. The van der Waals surface area contributed by atoms with Crippen molar-refractivity contribution >= 4 is 16.6 Å². The Kier molecular flexibility index (Phi) is 2.04. The highest BCUT2D eigenvalue weighted by molar-refractivity contribution is 5.97. The number of nitrogens with zero attached hydrogens (tertiary/aromatic N) is 1. The molecule has 3 rings (SSSR count). The van der Waals surface area contributed by atoms with Gasteiger partial charge in [0, 0.05) is 22.7 Å². The maximum Gasteiger partial charge on any atom is 0.191 e. The normalized spacial score (nSPS) is 10.9. The first-order chi connectivity index (χ1) is 8.29. The van der Waals surface area contributed by atoms with Crippen LogP contribution in [0.3, 0.4) is 0 Å². The predicted octanol–water partition coefficient (Wildman–Crippen LogP) is 2.41. The summed E-state index contributed by atoms with van der Waals surface area (Å²) in [5, 5.41) is 4.68. The van der Waals surface area contributed by atoms with Gasteiger partial charge in [-0.15, -0.1) is 0 Å². The molecule has 2 aromatic heterocycles. The van der Waals surface area contributed by atoms with Crippen LogP contribution in [0.1, 0.15) is 0 Å². The number of aromatic nitrogens is 2. The van der Waals surface area contributed by atoms with E-state index in [4.69, 9.17) is 15.0 Å². The van der Waals surface area contributed by atoms with Crippen LogP contribution in [0.15, 0.2) is 35.1 Å². The fourth-order valence-electron chi connectivity index (χ4n) is 1.87. The second kappa shape index (κ2) is 3.55. The molecule has 86 valence electrons. The molecule has 0 saturated carbocycles. The second-order valence-corrected chi connectivity index (χ2v) is 3.72. The van der Waals surface area contributed by atoms with Crippen molar-refractivity contribution in [3.63, 3.8) is 0 Å². The molecule has 0 aliphatic heterocycles. The van der Waals surface area contributed by atoms with E-state index in [9.17, 15) is 0 Å². The molecule has 0 aliphatic carbocycles. The summed E-state index contributed by atoms with van der Waals surface area (Å²) < 4.78 is 10.4. The summed E-state index contributed by atoms with van der Waals surface area (Å²) in [6.07, 6.45) is 3.34. The van der Waals surface area contributed by atoms with Gasteiger partial charge in [-0.1, -0.05) is 5.16 Å². The smallest absolute Gasteiger partial charge is 0.191 e. The first kappa shape index (κ1) is 9.77. The van der Waals surface area contributed by atoms with Crippen molar-refractivity contribution in [3.05, 3.63) is 30.6 Å². The Labute approximate surface area is 97.2 Å². The molecule has 0 saturated heterocycles. The van der Waals surface area contributed by atoms with Gasteiger partial charge in [0.25, 0.3) is 0 Å². The standard InChI is InChI=1S/C12H11N3O2/c1-16-7-2-3-11-8(4-7)9(5-14-11)12-10(13)6-15-17-12/h2-6,14H,13H2,1H3. The van der Waals surface area contributed by atoms with Crippen molar-refractivity contribution in [2.45, 2.75) is 0 Å². The average molecular weight is 229 g/mol. The SMILES string of the molecule is COc1ccc2[nH]cc(-c3oncc3N)c2c1. The molecule has 0 fully saturated rings. The van der Waals surface area contributed by atoms with Gasteiger partial charge in [-0.25, -0.2) is 0 Å². The number of hydrogen-bond donors (Lipinski definition) is 2. The zero-order valence-corrected chi connectivity index (χ0v) is 9.23. The van der Waals surface area contributed by atoms with Crippen LogP contribution in [0.4, 0.5) is 5.69 Å². The Morgan fingerprint density at radius 1 is 1.41 bits per heavy atom. The first-order valence-electron chi connectivity index (χ1n) is 5.15. The van der Waals surface area contributed by atoms with Gasteiger partial charge in [-0.3, -0.25) is 0 Å². The maximum atomic E-state index is 5.79. The first-order valence-corrected chi connectivity index (χ1v) is 5.15. The number of nitrogens with two attached hydrogens (primary N) is 1. The molecular formula is C12H11N3O2. The molecule has 0 amide bonds. The maximum absolute atomic E-state index is 5.79. The third kappa shape index (κ3) is 1.44. The molecule has 0 spiro atoms. The minimum absolute atomic E-state index is 0.522. The summed E-state index contributed by atoms with van der Waals surface area (Å²) in [7, 11) is 1.64. The monoisotopic (exact) mass is 229 g/mol. The van der Waals surface area contributed by atoms with Crippen LogP contribution < -0.4 is 10.5 Å². The van der Waals surface area contributed by atoms with Crippen LogP contribution in [0.25, 0.3) is 22.2 Å². The highest BCUT2D eigenvalue weighted by Gasteiger charge is 2.13. The molecule has 17 heavy (non-hydrogen) atoms. The number of ether oxygens (including phenoxy) is 1. The number of nitrogens with one attached hydrogen (secondary N) is 1. The van der Waals surface area contributed by atoms with E-state index in [1.54, 1.807) is 7.11 Å². The molecule has 0 bridgehead atoms. The van der Waals surface area contributed by atoms with Gasteiger partial charge in [0.2, 0.25) is 0 Å². The molecule has 3 N–H and O–H groups in total. The number of nitrogen functional groups attached to an aromatic ring is 1. The van der Waals surface area contributed by atoms with Crippen LogP contribution in [0.5, 0.6) is 5.75 Å². The summed E-state index contributed by atoms with van der Waals surface area (Å²) in [5.41, 5.74) is 8.19. The zero-order valence-electron chi connectivity index (χ0n) is 9.23. The van der Waals surface area contributed by atoms with Gasteiger partial charge in [0.1, 0.15) is 11.4 Å². The number of rotatable bonds is 2. The second-order valence-electron chi connectivity index (χ2n) is 3.72. The molecule has 0 radical (unpaired) electrons. The minimum atomic E-state index is 0.522. The lowest BCUT2D eigenvalue weighted by Gasteiger charge is -2.00. The summed E-state index contributed by atoms with van der Waals surface area (Å²) >= 11 is 0. The summed E-state index contributed by atoms with van der Waals surface area (Å²) in [4.78, 5) is 3.16. The van der Waals surface area contributed by atoms with Crippen molar-refractivity contribution in [3.8, 4) is 17.1 Å². The molecule has 0 unspecified atom stereocenters. The van der Waals surface area contributed by atoms with E-state index < -0.39 is 0 Å². The van der Waals surface area contributed by atoms with Crippen LogP contribution in [-0.4, -0.2) is 17.3 Å². The molecule has 0 aliphatic rings. The lowest BCUT2D eigenvalue weighted by Crippen LogP contribution is -1.84. The van der Waals surface area contributed by atoms with Crippen molar-refractivity contribution in [2.75, 3.05) is 12.8 Å². The van der Waals surface area contributed by atoms with Gasteiger partial charge in [-0.2, -0.15) is 0 Å². The molecule has 5 nitrogen and oxygen atoms in total. The Balaban J connectivity index is 2.27. The fraction of sp³-hybridized carbons (Fsp3) is 0.0833. The van der Waals surface area contributed by atoms with Gasteiger partial charge in [0.15, 0.2) is 5.76 Å². The third-order valence-electron chi connectivity index (χ3n) is 2.73. The lowest BCUT2D eigenvalue weighted by atomic mass is 10.1. The van der Waals surface area contributed by atoms with Crippen LogP contribution >= 0.6 is 0 Å². The Hall–Kier alpha value is -2.43. The van der Waals surface area contributed by atoms with Crippen molar-refractivity contribution < 1.29 is 9.26 Å². The number of H-pyrrole nitrogens is 1. The summed E-state index contributed by atoms with van der Waals surface area (Å²) in [6.45, 7) is 0. The van der Waals surface area contributed by atoms with Gasteiger partial charge in [0.05, 0.1) is 13.3 Å². The fourth-order valence-corrected chi connectivity index (χ4v) is 1.87. The van der Waals surface area contributed by atoms with Crippen molar-refractivity contribution in [2.24, 2.45) is 0 Å². The Bertz CT molecular complexity index is 669. The van der Waals surface area contributed by atoms with E-state index in [1.807, 2.05) is 24.4 Å². The molecule has 3 aromatic rings. The topological polar surface area (TPSA) is 77.1 Å². The van der Waals surface area contributed by atoms with Crippen LogP contribution in [0, 0.1) is 0 Å². The summed E-state index contributed by atoms with van der Waals surface area (Å²) in [5.74, 6) is 1.36. The van der Waals surface area contributed by atoms with E-state index in [2.05, 4.69) is 10.1 Å². The number of fused-ring (bicyclic) bond motifs is 1. The summed E-state index contributed by atoms with van der Waals surface area (Å²) in [6, 6.07) is 5.78. The highest BCUT2D eigenvalue weighted by atomic mass is 16.5. The third-order valence-corrected chi connectivity index (χ3v) is 2.73. The molecule has 0 atom stereocenters. The molecule has 1 aromatic carbocycles. The molecule has 2 heterocycles. The van der Waals surface area contributed by atoms with Crippen molar-refractivity contribution in [1.82, 2.24) is 10.1 Å². The van der Waals surface area contributed by atoms with E-state index in [-0.39, 0.29) is 0 Å². The van der Waals surface area contributed by atoms with E-state index in [0.717, 1.165) is 22.2 Å². The van der Waals surface area contributed by atoms with Gasteiger partial charge < -0.3 is 20.0 Å². The molecular weight excluding hydrogens is 218 g/mol. The quantitative estimate of drug-likeness (QED) is 0.707. The lowest BCUT2D eigenvalue weighted by molar-refractivity contribution is 0.415. The largest absolute Gasteiger partial charge is 0.497 e. The van der Waals surface area contributed by atoms with E-state index >= 15 is 0 Å². The number of methoxy groups -OCH3 is 1. The van der Waals surface area contributed by atoms with Gasteiger partial charge >= 0.3 is 0 Å². The van der Waals surface area contributed by atoms with Crippen LogP contribution in [0.2, 0.25) is 0 Å². The van der Waals surface area contributed by atoms with E-state index in [0.29, 0.717) is 11.4 Å². The number of hydrogen-bond acceptors (Lipinski definition) is 4. The number of anilines is 1. The van der Waals surface area contributed by atoms with Crippen molar-refractivity contribution in [1.29, 1.82) is 0 Å². The molecule has 5 heteroatoms.